The van der Waals surface area contributed by atoms with Gasteiger partial charge in [-0.25, -0.2) is 9.13 Å². The lowest BCUT2D eigenvalue weighted by atomic mass is 9.99. The molecule has 0 fully saturated rings. The molecule has 0 spiro atoms. The van der Waals surface area contributed by atoms with Crippen LogP contribution in [0.2, 0.25) is 0 Å². The number of ether oxygens (including phenoxy) is 4. The monoisotopic (exact) mass is 1310 g/mol. The summed E-state index contributed by atoms with van der Waals surface area (Å²) in [5, 5.41) is 10.6. The van der Waals surface area contributed by atoms with Crippen molar-refractivity contribution in [3.8, 4) is 0 Å². The molecule has 0 amide bonds. The van der Waals surface area contributed by atoms with Gasteiger partial charge in [0.15, 0.2) is 12.2 Å². The Kier molecular flexibility index (Phi) is 62.1. The highest BCUT2D eigenvalue weighted by Gasteiger charge is 2.30. The molecule has 0 aliphatic heterocycles. The predicted molar refractivity (Wildman–Crippen MR) is 358 cm³/mol. The third-order valence-electron chi connectivity index (χ3n) is 16.6. The molecule has 0 saturated heterocycles. The second-order valence-corrected chi connectivity index (χ2v) is 28.4. The molecular formula is C70H136O17P2. The first kappa shape index (κ1) is 87.1. The number of esters is 4. The third kappa shape index (κ3) is 63.2. The summed E-state index contributed by atoms with van der Waals surface area (Å²) in [6, 6.07) is 0. The smallest absolute Gasteiger partial charge is 0.462 e. The Hall–Kier alpha value is -1.94. The van der Waals surface area contributed by atoms with Gasteiger partial charge in [0, 0.05) is 25.7 Å². The van der Waals surface area contributed by atoms with Crippen molar-refractivity contribution in [2.24, 2.45) is 5.92 Å². The number of hydrogen-bond donors (Lipinski definition) is 3. The standard InChI is InChI=1S/C70H136O17P2/c1-6-10-13-16-19-21-23-24-25-26-27-28-29-30-31-32-34-41-46-51-56-70(75)87-66(60-81-68(73)54-49-44-39-36-35-38-42-47-52-63(5)9-4)62-85-89(78,79)83-58-64(71)57-82-88(76,77)84-61-65(59-80-67(72)53-48-43-37-18-15-12-8-3)86-69(74)55-50-45-40-33-22-20-17-14-11-7-2/h63-66,71H,6-62H2,1-5H3,(H,76,77)(H,78,79)/t63?,64-,65+,66+/m0/s1. The van der Waals surface area contributed by atoms with Gasteiger partial charge in [0.1, 0.15) is 19.3 Å². The Balaban J connectivity index is 5.15. The average molecular weight is 1310 g/mol. The molecule has 0 heterocycles. The van der Waals surface area contributed by atoms with E-state index in [4.69, 9.17) is 37.0 Å². The zero-order chi connectivity index (χ0) is 65.6. The number of aliphatic hydroxyl groups is 1. The van der Waals surface area contributed by atoms with Crippen molar-refractivity contribution in [3.63, 3.8) is 0 Å². The van der Waals surface area contributed by atoms with Gasteiger partial charge in [0.25, 0.3) is 0 Å². The Morgan fingerprint density at radius 2 is 0.539 bits per heavy atom. The van der Waals surface area contributed by atoms with Crippen molar-refractivity contribution in [1.82, 2.24) is 0 Å². The number of phosphoric ester groups is 2. The Morgan fingerprint density at radius 1 is 0.315 bits per heavy atom. The van der Waals surface area contributed by atoms with Crippen LogP contribution in [-0.2, 0) is 65.4 Å². The maximum Gasteiger partial charge on any atom is 0.472 e. The summed E-state index contributed by atoms with van der Waals surface area (Å²) < 4.78 is 68.1. The van der Waals surface area contributed by atoms with Gasteiger partial charge in [0.05, 0.1) is 26.4 Å². The number of carbonyl (C=O) groups is 4. The van der Waals surface area contributed by atoms with E-state index in [9.17, 15) is 43.2 Å². The quantitative estimate of drug-likeness (QED) is 0.0222. The van der Waals surface area contributed by atoms with E-state index in [0.29, 0.717) is 25.7 Å². The fraction of sp³-hybridized carbons (Fsp3) is 0.943. The summed E-state index contributed by atoms with van der Waals surface area (Å²) in [5.74, 6) is -1.35. The summed E-state index contributed by atoms with van der Waals surface area (Å²) in [6.07, 6.45) is 50.1. The van der Waals surface area contributed by atoms with Crippen LogP contribution >= 0.6 is 15.6 Å². The van der Waals surface area contributed by atoms with Gasteiger partial charge in [-0.05, 0) is 31.6 Å². The zero-order valence-corrected chi connectivity index (χ0v) is 59.4. The van der Waals surface area contributed by atoms with E-state index in [-0.39, 0.29) is 25.7 Å². The number of carbonyl (C=O) groups excluding carboxylic acids is 4. The van der Waals surface area contributed by atoms with E-state index in [0.717, 1.165) is 109 Å². The van der Waals surface area contributed by atoms with E-state index < -0.39 is 97.5 Å². The maximum absolute atomic E-state index is 13.0. The summed E-state index contributed by atoms with van der Waals surface area (Å²) in [4.78, 5) is 72.3. The molecular weight excluding hydrogens is 1170 g/mol. The third-order valence-corrected chi connectivity index (χ3v) is 18.5. The fourth-order valence-electron chi connectivity index (χ4n) is 10.6. The summed E-state index contributed by atoms with van der Waals surface area (Å²) >= 11 is 0. The van der Waals surface area contributed by atoms with Gasteiger partial charge in [-0.15, -0.1) is 0 Å². The highest BCUT2D eigenvalue weighted by molar-refractivity contribution is 7.47. The second-order valence-electron chi connectivity index (χ2n) is 25.5. The minimum Gasteiger partial charge on any atom is -0.462 e. The van der Waals surface area contributed by atoms with Crippen LogP contribution in [0.5, 0.6) is 0 Å². The predicted octanol–water partition coefficient (Wildman–Crippen LogP) is 20.1. The van der Waals surface area contributed by atoms with Crippen LogP contribution in [0.4, 0.5) is 0 Å². The highest BCUT2D eigenvalue weighted by Crippen LogP contribution is 2.45. The van der Waals surface area contributed by atoms with Crippen LogP contribution in [-0.4, -0.2) is 96.7 Å². The van der Waals surface area contributed by atoms with Crippen LogP contribution in [0.1, 0.15) is 362 Å². The molecule has 0 aromatic carbocycles. The number of phosphoric acid groups is 2. The van der Waals surface area contributed by atoms with Gasteiger partial charge in [0.2, 0.25) is 0 Å². The van der Waals surface area contributed by atoms with Crippen LogP contribution in [0.15, 0.2) is 0 Å². The van der Waals surface area contributed by atoms with Gasteiger partial charge < -0.3 is 33.8 Å². The minimum absolute atomic E-state index is 0.106. The van der Waals surface area contributed by atoms with E-state index in [1.54, 1.807) is 0 Å². The van der Waals surface area contributed by atoms with Crippen molar-refractivity contribution in [2.45, 2.75) is 380 Å². The molecule has 0 bridgehead atoms. The molecule has 0 aliphatic rings. The van der Waals surface area contributed by atoms with Crippen LogP contribution in [0, 0.1) is 5.92 Å². The van der Waals surface area contributed by atoms with Crippen molar-refractivity contribution in [1.29, 1.82) is 0 Å². The van der Waals surface area contributed by atoms with Gasteiger partial charge >= 0.3 is 39.5 Å². The summed E-state index contributed by atoms with van der Waals surface area (Å²) in [6.45, 7) is 7.19. The Labute approximate surface area is 543 Å². The number of aliphatic hydroxyl groups excluding tert-OH is 1. The van der Waals surface area contributed by atoms with E-state index in [1.165, 1.54) is 173 Å². The highest BCUT2D eigenvalue weighted by atomic mass is 31.2. The van der Waals surface area contributed by atoms with Crippen LogP contribution in [0.25, 0.3) is 0 Å². The molecule has 0 aromatic heterocycles. The molecule has 3 N–H and O–H groups in total. The molecule has 89 heavy (non-hydrogen) atoms. The maximum atomic E-state index is 13.0. The molecule has 0 aliphatic carbocycles. The number of hydrogen-bond acceptors (Lipinski definition) is 15. The van der Waals surface area contributed by atoms with E-state index >= 15 is 0 Å². The lowest BCUT2D eigenvalue weighted by molar-refractivity contribution is -0.161. The molecule has 0 radical (unpaired) electrons. The van der Waals surface area contributed by atoms with E-state index in [1.807, 2.05) is 0 Å². The first-order chi connectivity index (χ1) is 43.1. The molecule has 3 unspecified atom stereocenters. The number of unbranched alkanes of at least 4 members (excludes halogenated alkanes) is 41. The van der Waals surface area contributed by atoms with Crippen molar-refractivity contribution < 1.29 is 80.2 Å². The van der Waals surface area contributed by atoms with Crippen molar-refractivity contribution in [3.05, 3.63) is 0 Å². The molecule has 6 atom stereocenters. The fourth-order valence-corrected chi connectivity index (χ4v) is 12.2. The van der Waals surface area contributed by atoms with Crippen molar-refractivity contribution >= 4 is 39.5 Å². The molecule has 19 heteroatoms. The molecule has 17 nitrogen and oxygen atoms in total. The average Bonchev–Trinajstić information content (AvgIpc) is 3.73. The molecule has 0 rings (SSSR count). The summed E-state index contributed by atoms with van der Waals surface area (Å²) in [5.41, 5.74) is 0. The van der Waals surface area contributed by atoms with Crippen LogP contribution < -0.4 is 0 Å². The van der Waals surface area contributed by atoms with E-state index in [2.05, 4.69) is 34.6 Å². The first-order valence-electron chi connectivity index (χ1n) is 36.7. The normalized spacial score (nSPS) is 14.4. The Morgan fingerprint density at radius 3 is 0.798 bits per heavy atom. The van der Waals surface area contributed by atoms with Crippen LogP contribution in [0.3, 0.4) is 0 Å². The Bertz CT molecular complexity index is 1720. The molecule has 0 saturated carbocycles. The molecule has 528 valence electrons. The second kappa shape index (κ2) is 63.5. The topological polar surface area (TPSA) is 237 Å². The number of rotatable bonds is 70. The van der Waals surface area contributed by atoms with Gasteiger partial charge in [-0.1, -0.05) is 311 Å². The van der Waals surface area contributed by atoms with Gasteiger partial charge in [-0.3, -0.25) is 37.3 Å². The molecule has 0 aromatic rings. The van der Waals surface area contributed by atoms with Crippen molar-refractivity contribution in [2.75, 3.05) is 39.6 Å². The zero-order valence-electron chi connectivity index (χ0n) is 57.6. The first-order valence-corrected chi connectivity index (χ1v) is 39.7. The SMILES string of the molecule is CCCCCCCCCCCCCCCCCCCCCCC(=O)O[C@H](COC(=O)CCCCCCCCCCC(C)CC)COP(=O)(O)OC[C@@H](O)COP(=O)(O)OC[C@@H](COC(=O)CCCCCCCCC)OC(=O)CCCCCCCCCCCC. The van der Waals surface area contributed by atoms with Gasteiger partial charge in [-0.2, -0.15) is 0 Å². The lowest BCUT2D eigenvalue weighted by Gasteiger charge is -2.21. The summed E-state index contributed by atoms with van der Waals surface area (Å²) in [7, 11) is -9.89. The minimum atomic E-state index is -4.95. The lowest BCUT2D eigenvalue weighted by Crippen LogP contribution is -2.30. The largest absolute Gasteiger partial charge is 0.472 e.